The fourth-order valence-electron chi connectivity index (χ4n) is 3.56. The molecule has 1 atom stereocenters. The first-order valence-electron chi connectivity index (χ1n) is 10.2. The van der Waals surface area contributed by atoms with E-state index >= 15 is 0 Å². The van der Waals surface area contributed by atoms with Gasteiger partial charge in [0.05, 0.1) is 0 Å². The van der Waals surface area contributed by atoms with Gasteiger partial charge in [-0.05, 0) is 31.4 Å². The van der Waals surface area contributed by atoms with Crippen LogP contribution in [0.25, 0.3) is 0 Å². The number of rotatable bonds is 16. The molecule has 0 heterocycles. The standard InChI is InChI=1S/C22H39NO3/c1-5-6-7-8-9-11-15-20(22(24-2,25-3)26-4)16-14-19-23-21-17-12-10-13-18-21/h10,12-13,17-18,20,23H,5-9,11,14-16,19H2,1-4H3. The summed E-state index contributed by atoms with van der Waals surface area (Å²) in [7, 11) is 5.01. The van der Waals surface area contributed by atoms with E-state index in [1.165, 1.54) is 38.5 Å². The molecule has 1 aromatic rings. The summed E-state index contributed by atoms with van der Waals surface area (Å²) in [6.07, 6.45) is 10.9. The van der Waals surface area contributed by atoms with Gasteiger partial charge in [-0.2, -0.15) is 0 Å². The number of hydrogen-bond acceptors (Lipinski definition) is 4. The predicted molar refractivity (Wildman–Crippen MR) is 109 cm³/mol. The molecule has 4 nitrogen and oxygen atoms in total. The maximum atomic E-state index is 5.64. The Labute approximate surface area is 160 Å². The highest BCUT2D eigenvalue weighted by atomic mass is 16.9. The maximum absolute atomic E-state index is 5.64. The second-order valence-corrected chi connectivity index (χ2v) is 6.90. The van der Waals surface area contributed by atoms with Gasteiger partial charge in [-0.1, -0.05) is 63.6 Å². The normalized spacial score (nSPS) is 12.9. The SMILES string of the molecule is CCCCCCCCC(CCCNc1ccccc1)C(OC)(OC)OC. The van der Waals surface area contributed by atoms with Crippen molar-refractivity contribution in [2.45, 2.75) is 70.7 Å². The van der Waals surface area contributed by atoms with Gasteiger partial charge < -0.3 is 19.5 Å². The molecule has 1 N–H and O–H groups in total. The molecule has 150 valence electrons. The van der Waals surface area contributed by atoms with Crippen LogP contribution in [0.2, 0.25) is 0 Å². The Hall–Kier alpha value is -1.10. The van der Waals surface area contributed by atoms with Crippen LogP contribution >= 0.6 is 0 Å². The molecule has 0 amide bonds. The molecule has 1 aromatic carbocycles. The highest BCUT2D eigenvalue weighted by Crippen LogP contribution is 2.32. The van der Waals surface area contributed by atoms with Crippen molar-refractivity contribution in [3.63, 3.8) is 0 Å². The smallest absolute Gasteiger partial charge is 0.285 e. The van der Waals surface area contributed by atoms with Crippen molar-refractivity contribution >= 4 is 5.69 Å². The Bertz CT molecular complexity index is 426. The zero-order valence-electron chi connectivity index (χ0n) is 17.3. The molecule has 26 heavy (non-hydrogen) atoms. The summed E-state index contributed by atoms with van der Waals surface area (Å²) in [5, 5.41) is 3.47. The van der Waals surface area contributed by atoms with Crippen molar-refractivity contribution < 1.29 is 14.2 Å². The lowest BCUT2D eigenvalue weighted by Gasteiger charge is -2.36. The minimum atomic E-state index is -0.934. The summed E-state index contributed by atoms with van der Waals surface area (Å²) in [6.45, 7) is 3.19. The van der Waals surface area contributed by atoms with Gasteiger partial charge in [-0.15, -0.1) is 0 Å². The van der Waals surface area contributed by atoms with Gasteiger partial charge in [0.2, 0.25) is 0 Å². The van der Waals surface area contributed by atoms with Crippen molar-refractivity contribution in [3.05, 3.63) is 30.3 Å². The van der Waals surface area contributed by atoms with E-state index in [9.17, 15) is 0 Å². The summed E-state index contributed by atoms with van der Waals surface area (Å²) in [6, 6.07) is 10.3. The summed E-state index contributed by atoms with van der Waals surface area (Å²) >= 11 is 0. The molecule has 0 aliphatic heterocycles. The lowest BCUT2D eigenvalue weighted by Crippen LogP contribution is -2.44. The first-order valence-corrected chi connectivity index (χ1v) is 10.2. The number of anilines is 1. The second-order valence-electron chi connectivity index (χ2n) is 6.90. The highest BCUT2D eigenvalue weighted by molar-refractivity contribution is 5.42. The van der Waals surface area contributed by atoms with E-state index in [1.54, 1.807) is 21.3 Å². The highest BCUT2D eigenvalue weighted by Gasteiger charge is 2.39. The average Bonchev–Trinajstić information content (AvgIpc) is 2.69. The number of benzene rings is 1. The van der Waals surface area contributed by atoms with E-state index in [-0.39, 0.29) is 5.92 Å². The summed E-state index contributed by atoms with van der Waals surface area (Å²) < 4.78 is 16.9. The summed E-state index contributed by atoms with van der Waals surface area (Å²) in [4.78, 5) is 0. The van der Waals surface area contributed by atoms with Crippen molar-refractivity contribution in [1.82, 2.24) is 0 Å². The van der Waals surface area contributed by atoms with Crippen LogP contribution in [0, 0.1) is 5.92 Å². The number of nitrogens with one attached hydrogen (secondary N) is 1. The van der Waals surface area contributed by atoms with E-state index in [0.29, 0.717) is 0 Å². The number of ether oxygens (including phenoxy) is 3. The van der Waals surface area contributed by atoms with Crippen molar-refractivity contribution in [1.29, 1.82) is 0 Å². The largest absolute Gasteiger partial charge is 0.385 e. The predicted octanol–water partition coefficient (Wildman–Crippen LogP) is 5.84. The van der Waals surface area contributed by atoms with Crippen LogP contribution in [0.4, 0.5) is 5.69 Å². The molecule has 0 aliphatic rings. The summed E-state index contributed by atoms with van der Waals surface area (Å²) in [5.74, 6) is -0.706. The van der Waals surface area contributed by atoms with Crippen molar-refractivity contribution in [2.75, 3.05) is 33.2 Å². The Kier molecular flexibility index (Phi) is 12.4. The third-order valence-corrected chi connectivity index (χ3v) is 5.09. The minimum Gasteiger partial charge on any atom is -0.385 e. The second kappa shape index (κ2) is 14.0. The molecular formula is C22H39NO3. The number of hydrogen-bond donors (Lipinski definition) is 1. The average molecular weight is 366 g/mol. The van der Waals surface area contributed by atoms with Crippen LogP contribution in [0.3, 0.4) is 0 Å². The molecule has 0 aromatic heterocycles. The number of para-hydroxylation sites is 1. The van der Waals surface area contributed by atoms with Crippen LogP contribution in [-0.2, 0) is 14.2 Å². The van der Waals surface area contributed by atoms with Gasteiger partial charge in [0.1, 0.15) is 0 Å². The number of methoxy groups -OCH3 is 3. The first kappa shape index (κ1) is 22.9. The fourth-order valence-corrected chi connectivity index (χ4v) is 3.56. The Balaban J connectivity index is 2.46. The van der Waals surface area contributed by atoms with Crippen LogP contribution in [0.5, 0.6) is 0 Å². The molecule has 0 spiro atoms. The zero-order valence-corrected chi connectivity index (χ0v) is 17.3. The molecule has 0 bridgehead atoms. The zero-order chi connectivity index (χ0) is 19.1. The molecule has 1 rings (SSSR count). The summed E-state index contributed by atoms with van der Waals surface area (Å²) in [5.41, 5.74) is 1.16. The lowest BCUT2D eigenvalue weighted by atomic mass is 9.93. The Morgan fingerprint density at radius 2 is 1.38 bits per heavy atom. The van der Waals surface area contributed by atoms with Crippen LogP contribution in [-0.4, -0.2) is 33.8 Å². The van der Waals surface area contributed by atoms with E-state index in [1.807, 2.05) is 6.07 Å². The Morgan fingerprint density at radius 1 is 0.808 bits per heavy atom. The van der Waals surface area contributed by atoms with Crippen LogP contribution in [0.1, 0.15) is 64.7 Å². The Morgan fingerprint density at radius 3 is 2.00 bits per heavy atom. The van der Waals surface area contributed by atoms with Crippen molar-refractivity contribution in [2.24, 2.45) is 5.92 Å². The topological polar surface area (TPSA) is 39.7 Å². The van der Waals surface area contributed by atoms with E-state index < -0.39 is 5.97 Å². The molecule has 1 unspecified atom stereocenters. The van der Waals surface area contributed by atoms with Gasteiger partial charge in [-0.3, -0.25) is 0 Å². The van der Waals surface area contributed by atoms with Crippen LogP contribution in [0.15, 0.2) is 30.3 Å². The quantitative estimate of drug-likeness (QED) is 0.295. The number of unbranched alkanes of at least 4 members (excludes halogenated alkanes) is 5. The van der Waals surface area contributed by atoms with Gasteiger partial charge >= 0.3 is 0 Å². The molecule has 0 saturated carbocycles. The molecule has 0 aliphatic carbocycles. The maximum Gasteiger partial charge on any atom is 0.285 e. The van der Waals surface area contributed by atoms with E-state index in [2.05, 4.69) is 36.5 Å². The van der Waals surface area contributed by atoms with E-state index in [0.717, 1.165) is 31.5 Å². The van der Waals surface area contributed by atoms with Gasteiger partial charge in [0.15, 0.2) is 0 Å². The lowest BCUT2D eigenvalue weighted by molar-refractivity contribution is -0.380. The van der Waals surface area contributed by atoms with Gasteiger partial charge in [-0.25, -0.2) is 0 Å². The van der Waals surface area contributed by atoms with Gasteiger partial charge in [0, 0.05) is 39.5 Å². The van der Waals surface area contributed by atoms with Crippen LogP contribution < -0.4 is 5.32 Å². The third-order valence-electron chi connectivity index (χ3n) is 5.09. The molecule has 4 heteroatoms. The first-order chi connectivity index (χ1) is 12.7. The minimum absolute atomic E-state index is 0.228. The van der Waals surface area contributed by atoms with E-state index in [4.69, 9.17) is 14.2 Å². The van der Waals surface area contributed by atoms with Crippen molar-refractivity contribution in [3.8, 4) is 0 Å². The molecular weight excluding hydrogens is 326 g/mol. The molecule has 0 radical (unpaired) electrons. The molecule has 0 fully saturated rings. The van der Waals surface area contributed by atoms with Gasteiger partial charge in [0.25, 0.3) is 5.97 Å². The molecule has 0 saturated heterocycles. The third kappa shape index (κ3) is 8.07. The fraction of sp³-hybridized carbons (Fsp3) is 0.727. The monoisotopic (exact) mass is 365 g/mol.